The molecule has 0 amide bonds. The molecule has 0 aliphatic heterocycles. The molecular weight excluding hydrogens is 127 g/mol. The summed E-state index contributed by atoms with van der Waals surface area (Å²) < 4.78 is 0. The van der Waals surface area contributed by atoms with Crippen LogP contribution in [0.25, 0.3) is 5.73 Å². The average molecular weight is 140 g/mol. The van der Waals surface area contributed by atoms with E-state index in [4.69, 9.17) is 5.73 Å². The molecule has 3 heteroatoms. The van der Waals surface area contributed by atoms with Gasteiger partial charge in [-0.05, 0) is 20.6 Å². The molecular formula is C5H13KN2. The van der Waals surface area contributed by atoms with Crippen molar-refractivity contribution in [2.45, 2.75) is 6.42 Å². The van der Waals surface area contributed by atoms with E-state index in [2.05, 4.69) is 4.90 Å². The van der Waals surface area contributed by atoms with E-state index in [-0.39, 0.29) is 51.4 Å². The third-order valence-corrected chi connectivity index (χ3v) is 0.782. The van der Waals surface area contributed by atoms with Crippen molar-refractivity contribution < 1.29 is 51.4 Å². The summed E-state index contributed by atoms with van der Waals surface area (Å²) in [6.07, 6.45) is 0.993. The fourth-order valence-electron chi connectivity index (χ4n) is 0.395. The van der Waals surface area contributed by atoms with Crippen molar-refractivity contribution in [3.8, 4) is 0 Å². The average Bonchev–Trinajstić information content (AvgIpc) is 1.61. The molecule has 0 aliphatic rings. The minimum absolute atomic E-state index is 0. The molecule has 0 rings (SSSR count). The second-order valence-electron chi connectivity index (χ2n) is 1.91. The standard InChI is InChI=1S/C5H13N2.K/c1-7(2)5-3-4-6;/h6H,3-5H2,1-2H3;/q-1;+1. The Labute approximate surface area is 94.2 Å². The Balaban J connectivity index is 0. The van der Waals surface area contributed by atoms with E-state index in [1.807, 2.05) is 14.1 Å². The summed E-state index contributed by atoms with van der Waals surface area (Å²) >= 11 is 0. The molecule has 0 saturated heterocycles. The molecule has 1 N–H and O–H groups in total. The third kappa shape index (κ3) is 10.5. The van der Waals surface area contributed by atoms with E-state index >= 15 is 0 Å². The SMILES string of the molecule is CN(C)CCC[NH-].[K+]. The van der Waals surface area contributed by atoms with Crippen LogP contribution in [0.4, 0.5) is 0 Å². The van der Waals surface area contributed by atoms with Gasteiger partial charge in [0, 0.05) is 0 Å². The van der Waals surface area contributed by atoms with Crippen LogP contribution in [0.3, 0.4) is 0 Å². The van der Waals surface area contributed by atoms with Gasteiger partial charge >= 0.3 is 51.4 Å². The van der Waals surface area contributed by atoms with Gasteiger partial charge in [-0.3, -0.25) is 0 Å². The molecule has 0 aromatic carbocycles. The Morgan fingerprint density at radius 2 is 1.88 bits per heavy atom. The van der Waals surface area contributed by atoms with Gasteiger partial charge in [0.2, 0.25) is 0 Å². The molecule has 0 atom stereocenters. The van der Waals surface area contributed by atoms with Crippen LogP contribution in [0.1, 0.15) is 6.42 Å². The van der Waals surface area contributed by atoms with Gasteiger partial charge in [-0.25, -0.2) is 0 Å². The smallest absolute Gasteiger partial charge is 0.677 e. The molecule has 0 spiro atoms. The van der Waals surface area contributed by atoms with Crippen LogP contribution in [-0.2, 0) is 0 Å². The van der Waals surface area contributed by atoms with E-state index in [9.17, 15) is 0 Å². The van der Waals surface area contributed by atoms with Gasteiger partial charge in [0.05, 0.1) is 0 Å². The molecule has 0 bridgehead atoms. The van der Waals surface area contributed by atoms with Crippen molar-refractivity contribution in [3.05, 3.63) is 5.73 Å². The number of rotatable bonds is 3. The Morgan fingerprint density at radius 1 is 1.38 bits per heavy atom. The Bertz CT molecular complexity index is 39.4. The molecule has 0 radical (unpaired) electrons. The first-order valence-corrected chi connectivity index (χ1v) is 2.56. The topological polar surface area (TPSA) is 27.0 Å². The van der Waals surface area contributed by atoms with Gasteiger partial charge in [-0.15, -0.1) is 6.54 Å². The van der Waals surface area contributed by atoms with Crippen molar-refractivity contribution in [3.63, 3.8) is 0 Å². The third-order valence-electron chi connectivity index (χ3n) is 0.782. The first kappa shape index (κ1) is 12.3. The van der Waals surface area contributed by atoms with Gasteiger partial charge in [-0.2, -0.15) is 0 Å². The molecule has 2 nitrogen and oxygen atoms in total. The molecule has 0 aliphatic carbocycles. The van der Waals surface area contributed by atoms with Gasteiger partial charge in [-0.1, -0.05) is 6.42 Å². The van der Waals surface area contributed by atoms with Gasteiger partial charge in [0.25, 0.3) is 0 Å². The van der Waals surface area contributed by atoms with Crippen LogP contribution in [0.5, 0.6) is 0 Å². The molecule has 0 heterocycles. The Kier molecular flexibility index (Phi) is 13.1. The predicted molar refractivity (Wildman–Crippen MR) is 32.4 cm³/mol. The summed E-state index contributed by atoms with van der Waals surface area (Å²) in [6, 6.07) is 0. The van der Waals surface area contributed by atoms with Crippen molar-refractivity contribution in [1.29, 1.82) is 0 Å². The quantitative estimate of drug-likeness (QED) is 0.416. The minimum atomic E-state index is 0. The normalized spacial score (nSPS) is 9.00. The number of hydrogen-bond donors (Lipinski definition) is 0. The van der Waals surface area contributed by atoms with Crippen molar-refractivity contribution in [1.82, 2.24) is 4.90 Å². The minimum Gasteiger partial charge on any atom is -0.677 e. The van der Waals surface area contributed by atoms with E-state index < -0.39 is 0 Å². The van der Waals surface area contributed by atoms with Crippen molar-refractivity contribution in [2.24, 2.45) is 0 Å². The van der Waals surface area contributed by atoms with Crippen molar-refractivity contribution in [2.75, 3.05) is 27.2 Å². The van der Waals surface area contributed by atoms with E-state index in [1.165, 1.54) is 0 Å². The van der Waals surface area contributed by atoms with Gasteiger partial charge in [0.1, 0.15) is 0 Å². The predicted octanol–water partition coefficient (Wildman–Crippen LogP) is -2.01. The van der Waals surface area contributed by atoms with Crippen LogP contribution in [0.2, 0.25) is 0 Å². The first-order valence-electron chi connectivity index (χ1n) is 2.56. The molecule has 0 fully saturated rings. The Morgan fingerprint density at radius 3 is 2.00 bits per heavy atom. The molecule has 8 heavy (non-hydrogen) atoms. The zero-order valence-electron chi connectivity index (χ0n) is 6.07. The second kappa shape index (κ2) is 8.56. The molecule has 0 aromatic rings. The van der Waals surface area contributed by atoms with Crippen LogP contribution >= 0.6 is 0 Å². The maximum absolute atomic E-state index is 6.77. The van der Waals surface area contributed by atoms with Gasteiger partial charge < -0.3 is 10.6 Å². The summed E-state index contributed by atoms with van der Waals surface area (Å²) in [7, 11) is 4.05. The first-order chi connectivity index (χ1) is 3.27. The fraction of sp³-hybridized carbons (Fsp3) is 1.00. The summed E-state index contributed by atoms with van der Waals surface area (Å²) in [5.74, 6) is 0. The molecule has 0 saturated carbocycles. The summed E-state index contributed by atoms with van der Waals surface area (Å²) in [5.41, 5.74) is 6.77. The summed E-state index contributed by atoms with van der Waals surface area (Å²) in [4.78, 5) is 2.09. The van der Waals surface area contributed by atoms with Crippen LogP contribution < -0.4 is 51.4 Å². The van der Waals surface area contributed by atoms with Crippen LogP contribution in [-0.4, -0.2) is 32.1 Å². The number of nitrogens with one attached hydrogen (secondary N) is 1. The maximum atomic E-state index is 6.77. The molecule has 44 valence electrons. The molecule has 0 aromatic heterocycles. The zero-order valence-corrected chi connectivity index (χ0v) is 9.19. The molecule has 0 unspecified atom stereocenters. The maximum Gasteiger partial charge on any atom is 1.00 e. The van der Waals surface area contributed by atoms with Gasteiger partial charge in [0.15, 0.2) is 0 Å². The fourth-order valence-corrected chi connectivity index (χ4v) is 0.395. The monoisotopic (exact) mass is 140 g/mol. The largest absolute Gasteiger partial charge is 1.00 e. The van der Waals surface area contributed by atoms with E-state index in [1.54, 1.807) is 0 Å². The summed E-state index contributed by atoms with van der Waals surface area (Å²) in [5, 5.41) is 0. The van der Waals surface area contributed by atoms with Crippen molar-refractivity contribution >= 4 is 0 Å². The van der Waals surface area contributed by atoms with Crippen LogP contribution in [0, 0.1) is 0 Å². The summed E-state index contributed by atoms with van der Waals surface area (Å²) in [6.45, 7) is 1.60. The Hall–Kier alpha value is 1.56. The zero-order chi connectivity index (χ0) is 5.70. The van der Waals surface area contributed by atoms with Crippen LogP contribution in [0.15, 0.2) is 0 Å². The number of hydrogen-bond acceptors (Lipinski definition) is 1. The van der Waals surface area contributed by atoms with E-state index in [0.29, 0.717) is 6.54 Å². The van der Waals surface area contributed by atoms with E-state index in [0.717, 1.165) is 13.0 Å². The number of nitrogens with zero attached hydrogens (tertiary/aromatic N) is 1. The second-order valence-corrected chi connectivity index (χ2v) is 1.91.